The summed E-state index contributed by atoms with van der Waals surface area (Å²) in [5.41, 5.74) is 1.19. The van der Waals surface area contributed by atoms with Crippen molar-refractivity contribution >= 4 is 10.0 Å². The lowest BCUT2D eigenvalue weighted by Gasteiger charge is -2.16. The van der Waals surface area contributed by atoms with Crippen LogP contribution in [0.4, 0.5) is 0 Å². The largest absolute Gasteiger partial charge is 0.217 e. The van der Waals surface area contributed by atoms with Crippen LogP contribution in [0.15, 0.2) is 24.4 Å². The number of unbranched alkanes of at least 4 members (excludes halogenated alkanes) is 1. The number of hydrogen-bond donors (Lipinski definition) is 0. The summed E-state index contributed by atoms with van der Waals surface area (Å²) in [6.45, 7) is 5.12. The summed E-state index contributed by atoms with van der Waals surface area (Å²) in [4.78, 5) is 0. The van der Waals surface area contributed by atoms with E-state index in [-0.39, 0.29) is 0 Å². The van der Waals surface area contributed by atoms with Gasteiger partial charge in [-0.25, -0.2) is 8.42 Å². The third kappa shape index (κ3) is 5.28. The van der Waals surface area contributed by atoms with Crippen molar-refractivity contribution < 1.29 is 13.0 Å². The average Bonchev–Trinajstić information content (AvgIpc) is 2.36. The predicted molar refractivity (Wildman–Crippen MR) is 77.1 cm³/mol. The maximum absolute atomic E-state index is 11.8. The fraction of sp³-hybridized carbons (Fsp3) is 0.643. The molecule has 0 N–H and O–H groups in total. The summed E-state index contributed by atoms with van der Waals surface area (Å²) in [6.07, 6.45) is 7.30. The number of nitrogens with zero attached hydrogens (tertiary/aromatic N) is 2. The Morgan fingerprint density at radius 3 is 2.53 bits per heavy atom. The van der Waals surface area contributed by atoms with Gasteiger partial charge in [0.15, 0.2) is 11.9 Å². The maximum Gasteiger partial charge on any atom is 0.217 e. The van der Waals surface area contributed by atoms with Crippen molar-refractivity contribution in [3.8, 4) is 0 Å². The van der Waals surface area contributed by atoms with Crippen LogP contribution in [0.5, 0.6) is 0 Å². The highest BCUT2D eigenvalue weighted by Gasteiger charge is 2.21. The minimum absolute atomic E-state index is 0.409. The van der Waals surface area contributed by atoms with Crippen LogP contribution >= 0.6 is 0 Å². The number of aryl methyl sites for hydroxylation is 1. The van der Waals surface area contributed by atoms with Crippen molar-refractivity contribution in [2.75, 3.05) is 12.8 Å². The molecule has 0 aromatic carbocycles. The van der Waals surface area contributed by atoms with E-state index in [2.05, 4.69) is 13.0 Å². The maximum atomic E-state index is 11.8. The molecule has 0 aliphatic heterocycles. The Balaban J connectivity index is 2.89. The second-order valence-electron chi connectivity index (χ2n) is 4.85. The molecule has 0 amide bonds. The minimum Gasteiger partial charge on any atom is -0.212 e. The fourth-order valence-electron chi connectivity index (χ4n) is 2.00. The van der Waals surface area contributed by atoms with Gasteiger partial charge in [0.2, 0.25) is 16.7 Å². The highest BCUT2D eigenvalue weighted by molar-refractivity contribution is 7.88. The molecule has 1 heterocycles. The van der Waals surface area contributed by atoms with Crippen LogP contribution in [0, 0.1) is 0 Å². The monoisotopic (exact) mass is 285 g/mol. The summed E-state index contributed by atoms with van der Waals surface area (Å²) in [7, 11) is -3.15. The Morgan fingerprint density at radius 2 is 1.95 bits per heavy atom. The van der Waals surface area contributed by atoms with Gasteiger partial charge in [-0.2, -0.15) is 4.57 Å². The highest BCUT2D eigenvalue weighted by Crippen LogP contribution is 2.03. The van der Waals surface area contributed by atoms with Gasteiger partial charge in [-0.05, 0) is 12.8 Å². The molecule has 4 nitrogen and oxygen atoms in total. The molecule has 0 aliphatic carbocycles. The van der Waals surface area contributed by atoms with E-state index in [9.17, 15) is 8.42 Å². The normalized spacial score (nSPS) is 12.0. The molecule has 0 aliphatic rings. The van der Waals surface area contributed by atoms with Crippen LogP contribution in [-0.2, 0) is 23.1 Å². The van der Waals surface area contributed by atoms with E-state index in [1.807, 2.05) is 29.8 Å². The number of rotatable bonds is 8. The van der Waals surface area contributed by atoms with Gasteiger partial charge in [0.05, 0.1) is 6.26 Å². The Morgan fingerprint density at radius 1 is 1.21 bits per heavy atom. The van der Waals surface area contributed by atoms with Crippen molar-refractivity contribution in [1.29, 1.82) is 0 Å². The first-order chi connectivity index (χ1) is 8.99. The fourth-order valence-corrected chi connectivity index (χ4v) is 2.84. The van der Waals surface area contributed by atoms with Gasteiger partial charge < -0.3 is 0 Å². The van der Waals surface area contributed by atoms with Crippen molar-refractivity contribution in [2.24, 2.45) is 0 Å². The number of hydrogen-bond acceptors (Lipinski definition) is 2. The first kappa shape index (κ1) is 16.1. The zero-order chi connectivity index (χ0) is 14.3. The summed E-state index contributed by atoms with van der Waals surface area (Å²) < 4.78 is 27.1. The van der Waals surface area contributed by atoms with Gasteiger partial charge in [-0.15, -0.1) is 4.31 Å². The van der Waals surface area contributed by atoms with E-state index in [0.717, 1.165) is 25.7 Å². The van der Waals surface area contributed by atoms with E-state index in [1.165, 1.54) is 16.3 Å². The third-order valence-electron chi connectivity index (χ3n) is 3.07. The van der Waals surface area contributed by atoms with E-state index < -0.39 is 10.0 Å². The van der Waals surface area contributed by atoms with E-state index in [1.54, 1.807) is 0 Å². The molecule has 0 spiro atoms. The Hall–Kier alpha value is -0.940. The minimum atomic E-state index is -3.15. The summed E-state index contributed by atoms with van der Waals surface area (Å²) in [5.74, 6) is 0. The van der Waals surface area contributed by atoms with Gasteiger partial charge in [0.1, 0.15) is 0 Å². The second kappa shape index (κ2) is 7.60. The molecule has 0 radical (unpaired) electrons. The molecule has 1 aromatic heterocycles. The van der Waals surface area contributed by atoms with Crippen LogP contribution in [0.2, 0.25) is 0 Å². The number of aromatic nitrogens is 1. The van der Waals surface area contributed by atoms with E-state index in [0.29, 0.717) is 13.2 Å². The van der Waals surface area contributed by atoms with Gasteiger partial charge in [-0.3, -0.25) is 0 Å². The lowest BCUT2D eigenvalue weighted by molar-refractivity contribution is -0.717. The summed E-state index contributed by atoms with van der Waals surface area (Å²) in [5, 5.41) is 0. The Labute approximate surface area is 117 Å². The van der Waals surface area contributed by atoms with Crippen molar-refractivity contribution in [3.63, 3.8) is 0 Å². The molecule has 0 saturated heterocycles. The number of pyridine rings is 1. The van der Waals surface area contributed by atoms with Gasteiger partial charge in [0, 0.05) is 25.1 Å². The quantitative estimate of drug-likeness (QED) is 0.685. The first-order valence-electron chi connectivity index (χ1n) is 6.91. The van der Waals surface area contributed by atoms with Crippen molar-refractivity contribution in [2.45, 2.75) is 46.2 Å². The molecule has 1 aromatic rings. The van der Waals surface area contributed by atoms with Crippen molar-refractivity contribution in [3.05, 3.63) is 30.1 Å². The lowest BCUT2D eigenvalue weighted by Crippen LogP contribution is -2.48. The van der Waals surface area contributed by atoms with Crippen LogP contribution in [0.3, 0.4) is 0 Å². The molecule has 5 heteroatoms. The molecule has 1 rings (SSSR count). The zero-order valence-electron chi connectivity index (χ0n) is 12.2. The van der Waals surface area contributed by atoms with Gasteiger partial charge in [-0.1, -0.05) is 26.3 Å². The SMILES string of the molecule is CCCCc1cccc[n+]1CN(CCC)S(C)(=O)=O. The average molecular weight is 285 g/mol. The summed E-state index contributed by atoms with van der Waals surface area (Å²) in [6, 6.07) is 6.02. The molecular weight excluding hydrogens is 260 g/mol. The van der Waals surface area contributed by atoms with Crippen LogP contribution in [-0.4, -0.2) is 25.5 Å². The highest BCUT2D eigenvalue weighted by atomic mass is 32.2. The van der Waals surface area contributed by atoms with E-state index in [4.69, 9.17) is 0 Å². The smallest absolute Gasteiger partial charge is 0.212 e. The molecule has 0 saturated carbocycles. The van der Waals surface area contributed by atoms with Crippen LogP contribution in [0.1, 0.15) is 38.8 Å². The van der Waals surface area contributed by atoms with Gasteiger partial charge >= 0.3 is 0 Å². The molecule has 0 unspecified atom stereocenters. The number of sulfonamides is 1. The third-order valence-corrected chi connectivity index (χ3v) is 4.31. The Bertz CT molecular complexity index is 486. The van der Waals surface area contributed by atoms with Crippen LogP contribution in [0.25, 0.3) is 0 Å². The Kier molecular flexibility index (Phi) is 6.45. The standard InChI is InChI=1S/C14H25N2O2S/c1-4-6-9-14-10-7-8-12-15(14)13-16(11-5-2)19(3,17)18/h7-8,10,12H,4-6,9,11,13H2,1-3H3/q+1. The second-order valence-corrected chi connectivity index (χ2v) is 6.83. The zero-order valence-corrected chi connectivity index (χ0v) is 13.0. The van der Waals surface area contributed by atoms with Gasteiger partial charge in [0.25, 0.3) is 0 Å². The molecule has 108 valence electrons. The molecule has 0 atom stereocenters. The molecule has 19 heavy (non-hydrogen) atoms. The summed E-state index contributed by atoms with van der Waals surface area (Å²) >= 11 is 0. The van der Waals surface area contributed by atoms with Crippen molar-refractivity contribution in [1.82, 2.24) is 4.31 Å². The van der Waals surface area contributed by atoms with E-state index >= 15 is 0 Å². The topological polar surface area (TPSA) is 41.3 Å². The first-order valence-corrected chi connectivity index (χ1v) is 8.76. The predicted octanol–water partition coefficient (Wildman–Crippen LogP) is 1.95. The molecule has 0 fully saturated rings. The lowest BCUT2D eigenvalue weighted by atomic mass is 10.2. The molecule has 0 bridgehead atoms. The molecular formula is C14H25N2O2S+. The van der Waals surface area contributed by atoms with Crippen LogP contribution < -0.4 is 4.57 Å².